The van der Waals surface area contributed by atoms with Crippen LogP contribution in [0.1, 0.15) is 61.6 Å². The average molecular weight is 511 g/mol. The highest BCUT2D eigenvalue weighted by atomic mass is 16.5. The lowest BCUT2D eigenvalue weighted by Crippen LogP contribution is -2.55. The number of aliphatic hydroxyl groups is 3. The Bertz CT molecular complexity index is 1270. The molecule has 0 aromatic heterocycles. The second-order valence-corrected chi connectivity index (χ2v) is 11.6. The molecule has 3 fully saturated rings. The molecule has 5 aliphatic carbocycles. The van der Waals surface area contributed by atoms with Gasteiger partial charge in [-0.3, -0.25) is 9.59 Å². The first kappa shape index (κ1) is 24.3. The normalized spacial score (nSPS) is 34.3. The molecular formula is C28H34N2O7. The minimum atomic E-state index is -1.96. The molecule has 0 spiro atoms. The molecular weight excluding hydrogens is 476 g/mol. The molecule has 1 aromatic rings. The zero-order valence-corrected chi connectivity index (χ0v) is 20.9. The molecule has 0 saturated heterocycles. The van der Waals surface area contributed by atoms with Gasteiger partial charge >= 0.3 is 0 Å². The van der Waals surface area contributed by atoms with E-state index in [1.54, 1.807) is 13.2 Å². The Morgan fingerprint density at radius 2 is 1.97 bits per heavy atom. The number of hydrogen-bond acceptors (Lipinski definition) is 8. The van der Waals surface area contributed by atoms with Gasteiger partial charge in [-0.1, -0.05) is 6.42 Å². The third kappa shape index (κ3) is 3.58. The van der Waals surface area contributed by atoms with Crippen molar-refractivity contribution in [3.05, 3.63) is 39.7 Å². The SMILES string of the molecule is COc1c(CN[C@@H]2CC3CCC2C3)cc(O)c2c1C[C@H]1C[C@H]3CC(O)=C(C(N)=O)C[C@@]3(O)C(=O)C1=C2O. The summed E-state index contributed by atoms with van der Waals surface area (Å²) >= 11 is 0. The molecule has 0 aliphatic heterocycles. The molecule has 3 saturated carbocycles. The standard InChI is InChI=1S/C28H34N2O7/c1-37-25-15(11-30-19-5-12-2-3-13(19)4-12)8-21(32)23-17(25)7-14-6-16-9-20(31)18(27(29)35)10-28(16,36)26(34)22(14)24(23)33/h8,12-14,16,19,30-33,36H,2-7,9-11H2,1H3,(H2,29,35)/t12?,13?,14-,16+,19-,28+/m1/s1. The minimum Gasteiger partial charge on any atom is -0.512 e. The van der Waals surface area contributed by atoms with E-state index in [9.17, 15) is 30.0 Å². The number of nitrogens with one attached hydrogen (secondary N) is 1. The summed E-state index contributed by atoms with van der Waals surface area (Å²) in [5.41, 5.74) is 4.84. The fourth-order valence-electron chi connectivity index (χ4n) is 7.91. The Hall–Kier alpha value is -3.04. The number of rotatable bonds is 5. The number of ether oxygens (including phenoxy) is 1. The Morgan fingerprint density at radius 1 is 1.19 bits per heavy atom. The highest BCUT2D eigenvalue weighted by Gasteiger charge is 2.56. The van der Waals surface area contributed by atoms with Crippen LogP contribution >= 0.6 is 0 Å². The quantitative estimate of drug-likeness (QED) is 0.352. The van der Waals surface area contributed by atoms with E-state index in [0.29, 0.717) is 42.7 Å². The van der Waals surface area contributed by atoms with Crippen LogP contribution in [0, 0.1) is 23.7 Å². The van der Waals surface area contributed by atoms with Gasteiger partial charge in [0.05, 0.1) is 18.2 Å². The smallest absolute Gasteiger partial charge is 0.248 e. The van der Waals surface area contributed by atoms with E-state index in [4.69, 9.17) is 10.5 Å². The number of phenolic OH excluding ortho intramolecular Hbond substituents is 1. The Kier molecular flexibility index (Phi) is 5.58. The fourth-order valence-corrected chi connectivity index (χ4v) is 7.91. The van der Waals surface area contributed by atoms with Gasteiger partial charge in [0.25, 0.3) is 0 Å². The number of hydrogen-bond donors (Lipinski definition) is 6. The molecule has 2 bridgehead atoms. The number of methoxy groups -OCH3 is 1. The lowest BCUT2D eigenvalue weighted by Gasteiger charge is -2.47. The maximum absolute atomic E-state index is 13.6. The van der Waals surface area contributed by atoms with Crippen molar-refractivity contribution in [2.75, 3.05) is 7.11 Å². The van der Waals surface area contributed by atoms with Gasteiger partial charge in [0.15, 0.2) is 5.78 Å². The second kappa shape index (κ2) is 8.49. The molecule has 9 nitrogen and oxygen atoms in total. The highest BCUT2D eigenvalue weighted by Crippen LogP contribution is 2.54. The Morgan fingerprint density at radius 3 is 2.62 bits per heavy atom. The number of fused-ring (bicyclic) bond motifs is 5. The lowest BCUT2D eigenvalue weighted by atomic mass is 9.59. The van der Waals surface area contributed by atoms with Crippen molar-refractivity contribution in [1.29, 1.82) is 0 Å². The summed E-state index contributed by atoms with van der Waals surface area (Å²) in [6.07, 6.45) is 5.21. The van der Waals surface area contributed by atoms with Crippen molar-refractivity contribution in [2.24, 2.45) is 29.4 Å². The van der Waals surface area contributed by atoms with Crippen LogP contribution < -0.4 is 15.8 Å². The van der Waals surface area contributed by atoms with Gasteiger partial charge in [0.2, 0.25) is 5.91 Å². The Labute approximate surface area is 215 Å². The summed E-state index contributed by atoms with van der Waals surface area (Å²) < 4.78 is 5.80. The zero-order chi connectivity index (χ0) is 26.2. The molecule has 5 aliphatic rings. The predicted octanol–water partition coefficient (Wildman–Crippen LogP) is 2.53. The van der Waals surface area contributed by atoms with Gasteiger partial charge in [0.1, 0.15) is 28.6 Å². The molecule has 9 heteroatoms. The van der Waals surface area contributed by atoms with Gasteiger partial charge < -0.3 is 36.2 Å². The zero-order valence-electron chi connectivity index (χ0n) is 20.9. The van der Waals surface area contributed by atoms with Gasteiger partial charge in [-0.25, -0.2) is 0 Å². The minimum absolute atomic E-state index is 0.0432. The largest absolute Gasteiger partial charge is 0.512 e. The van der Waals surface area contributed by atoms with Crippen LogP contribution in [-0.2, 0) is 22.6 Å². The highest BCUT2D eigenvalue weighted by molar-refractivity contribution is 6.10. The number of phenols is 1. The van der Waals surface area contributed by atoms with Crippen LogP contribution in [0.2, 0.25) is 0 Å². The van der Waals surface area contributed by atoms with Crippen LogP contribution in [-0.4, -0.2) is 50.9 Å². The molecule has 0 radical (unpaired) electrons. The van der Waals surface area contributed by atoms with Gasteiger partial charge in [-0.15, -0.1) is 0 Å². The number of allylic oxidation sites excluding steroid dienone is 1. The van der Waals surface area contributed by atoms with Crippen LogP contribution in [0.25, 0.3) is 5.76 Å². The third-order valence-corrected chi connectivity index (χ3v) is 9.70. The molecule has 1 aromatic carbocycles. The number of amides is 1. The summed E-state index contributed by atoms with van der Waals surface area (Å²) in [5.74, 6) is -1.29. The Balaban J connectivity index is 1.35. The number of nitrogens with two attached hydrogens (primary N) is 1. The van der Waals surface area contributed by atoms with E-state index in [0.717, 1.165) is 11.5 Å². The molecule has 1 amide bonds. The van der Waals surface area contributed by atoms with E-state index in [1.165, 1.54) is 25.7 Å². The molecule has 0 heterocycles. The van der Waals surface area contributed by atoms with Crippen molar-refractivity contribution in [2.45, 2.75) is 69.6 Å². The molecule has 198 valence electrons. The van der Waals surface area contributed by atoms with Crippen molar-refractivity contribution in [3.63, 3.8) is 0 Å². The molecule has 6 atom stereocenters. The average Bonchev–Trinajstić information content (AvgIpc) is 3.47. The van der Waals surface area contributed by atoms with Crippen molar-refractivity contribution in [3.8, 4) is 11.5 Å². The lowest BCUT2D eigenvalue weighted by molar-refractivity contribution is -0.146. The number of benzene rings is 1. The first-order chi connectivity index (χ1) is 17.6. The monoisotopic (exact) mass is 510 g/mol. The number of aliphatic hydroxyl groups excluding tert-OH is 2. The number of aromatic hydroxyl groups is 1. The predicted molar refractivity (Wildman–Crippen MR) is 134 cm³/mol. The number of Topliss-reactive ketones (excluding diaryl/α,β-unsaturated/α-hetero) is 1. The van der Waals surface area contributed by atoms with E-state index in [2.05, 4.69) is 5.32 Å². The summed E-state index contributed by atoms with van der Waals surface area (Å²) in [6, 6.07) is 2.03. The first-order valence-electron chi connectivity index (χ1n) is 13.2. The van der Waals surface area contributed by atoms with E-state index >= 15 is 0 Å². The summed E-state index contributed by atoms with van der Waals surface area (Å²) in [5, 5.41) is 47.7. The van der Waals surface area contributed by atoms with Crippen molar-refractivity contribution < 1.29 is 34.8 Å². The van der Waals surface area contributed by atoms with Crippen LogP contribution in [0.4, 0.5) is 0 Å². The molecule has 37 heavy (non-hydrogen) atoms. The number of carbonyl (C=O) groups excluding carboxylic acids is 2. The molecule has 6 rings (SSSR count). The maximum Gasteiger partial charge on any atom is 0.248 e. The number of carbonyl (C=O) groups is 2. The van der Waals surface area contributed by atoms with Crippen LogP contribution in [0.3, 0.4) is 0 Å². The van der Waals surface area contributed by atoms with Crippen molar-refractivity contribution >= 4 is 17.4 Å². The van der Waals surface area contributed by atoms with Gasteiger partial charge in [-0.2, -0.15) is 0 Å². The first-order valence-corrected chi connectivity index (χ1v) is 13.2. The van der Waals surface area contributed by atoms with Crippen molar-refractivity contribution in [1.82, 2.24) is 5.32 Å². The third-order valence-electron chi connectivity index (χ3n) is 9.70. The molecule has 7 N–H and O–H groups in total. The summed E-state index contributed by atoms with van der Waals surface area (Å²) in [6.45, 7) is 0.524. The summed E-state index contributed by atoms with van der Waals surface area (Å²) in [7, 11) is 1.56. The fraction of sp³-hybridized carbons (Fsp3) is 0.571. The van der Waals surface area contributed by atoms with Gasteiger partial charge in [0, 0.05) is 48.0 Å². The van der Waals surface area contributed by atoms with E-state index in [-0.39, 0.29) is 40.4 Å². The number of primary amides is 1. The second-order valence-electron chi connectivity index (χ2n) is 11.6. The van der Waals surface area contributed by atoms with Crippen LogP contribution in [0.15, 0.2) is 23.0 Å². The number of ketones is 1. The molecule has 2 unspecified atom stereocenters. The summed E-state index contributed by atoms with van der Waals surface area (Å²) in [4.78, 5) is 25.4. The topological polar surface area (TPSA) is 162 Å². The van der Waals surface area contributed by atoms with Gasteiger partial charge in [-0.05, 0) is 55.9 Å². The van der Waals surface area contributed by atoms with Crippen LogP contribution in [0.5, 0.6) is 11.5 Å². The van der Waals surface area contributed by atoms with E-state index < -0.39 is 35.5 Å². The maximum atomic E-state index is 13.6. The van der Waals surface area contributed by atoms with E-state index in [1.807, 2.05) is 0 Å².